The third kappa shape index (κ3) is 7.32. The Kier molecular flexibility index (Phi) is 8.63. The van der Waals surface area contributed by atoms with Gasteiger partial charge in [0, 0.05) is 38.5 Å². The van der Waals surface area contributed by atoms with Gasteiger partial charge < -0.3 is 15.5 Å². The van der Waals surface area contributed by atoms with Gasteiger partial charge in [-0.15, -0.1) is 0 Å². The summed E-state index contributed by atoms with van der Waals surface area (Å²) in [6.07, 6.45) is 2.01. The van der Waals surface area contributed by atoms with E-state index in [-0.39, 0.29) is 18.1 Å². The van der Waals surface area contributed by atoms with Gasteiger partial charge in [0.2, 0.25) is 5.91 Å². The number of rotatable bonds is 8. The lowest BCUT2D eigenvalue weighted by Crippen LogP contribution is -2.43. The molecule has 0 saturated heterocycles. The highest BCUT2D eigenvalue weighted by Gasteiger charge is 2.06. The third-order valence-electron chi connectivity index (χ3n) is 3.07. The molecular weight excluding hydrogens is 330 g/mol. The van der Waals surface area contributed by atoms with E-state index >= 15 is 0 Å². The normalized spacial score (nSPS) is 11.0. The number of carbonyl (C=O) groups is 1. The molecule has 0 heterocycles. The number of benzene rings is 1. The number of non-ortho nitro benzene ring substituents is 1. The van der Waals surface area contributed by atoms with Crippen molar-refractivity contribution < 1.29 is 9.72 Å². The number of amides is 1. The van der Waals surface area contributed by atoms with E-state index in [1.54, 1.807) is 38.0 Å². The first kappa shape index (κ1) is 19.8. The Morgan fingerprint density at radius 3 is 2.50 bits per heavy atom. The van der Waals surface area contributed by atoms with Crippen LogP contribution in [0.1, 0.15) is 5.56 Å². The second-order valence-corrected chi connectivity index (χ2v) is 6.14. The van der Waals surface area contributed by atoms with Gasteiger partial charge in [0.25, 0.3) is 5.69 Å². The van der Waals surface area contributed by atoms with E-state index in [2.05, 4.69) is 15.6 Å². The Balaban J connectivity index is 2.67. The summed E-state index contributed by atoms with van der Waals surface area (Å²) in [6, 6.07) is 6.25. The fourth-order valence-corrected chi connectivity index (χ4v) is 1.96. The highest BCUT2D eigenvalue weighted by atomic mass is 32.2. The summed E-state index contributed by atoms with van der Waals surface area (Å²) in [4.78, 5) is 27.8. The van der Waals surface area contributed by atoms with Gasteiger partial charge in [0.05, 0.1) is 18.0 Å². The lowest BCUT2D eigenvalue weighted by Gasteiger charge is -2.14. The van der Waals surface area contributed by atoms with Crippen LogP contribution in [0.4, 0.5) is 5.69 Å². The highest BCUT2D eigenvalue weighted by Crippen LogP contribution is 2.12. The number of thioether (sulfide) groups is 1. The van der Waals surface area contributed by atoms with Gasteiger partial charge in [-0.2, -0.15) is 11.8 Å². The Labute approximate surface area is 145 Å². The molecule has 1 aromatic rings. The molecule has 132 valence electrons. The van der Waals surface area contributed by atoms with Gasteiger partial charge in [-0.05, 0) is 11.8 Å². The average Bonchev–Trinajstić information content (AvgIpc) is 2.56. The van der Waals surface area contributed by atoms with Crippen LogP contribution < -0.4 is 10.6 Å². The maximum Gasteiger partial charge on any atom is 0.269 e. The maximum absolute atomic E-state index is 11.7. The monoisotopic (exact) mass is 353 g/mol. The largest absolute Gasteiger partial charge is 0.356 e. The molecule has 0 aliphatic heterocycles. The van der Waals surface area contributed by atoms with Crippen molar-refractivity contribution in [3.8, 4) is 0 Å². The zero-order valence-electron chi connectivity index (χ0n) is 14.1. The van der Waals surface area contributed by atoms with E-state index < -0.39 is 4.92 Å². The van der Waals surface area contributed by atoms with Gasteiger partial charge in [0.15, 0.2) is 5.96 Å². The zero-order chi connectivity index (χ0) is 17.9. The van der Waals surface area contributed by atoms with Crippen molar-refractivity contribution in [1.82, 2.24) is 15.5 Å². The van der Waals surface area contributed by atoms with Crippen molar-refractivity contribution in [3.05, 3.63) is 39.9 Å². The van der Waals surface area contributed by atoms with Crippen molar-refractivity contribution in [2.24, 2.45) is 4.99 Å². The minimum Gasteiger partial charge on any atom is -0.356 e. The summed E-state index contributed by atoms with van der Waals surface area (Å²) in [5, 5.41) is 16.8. The van der Waals surface area contributed by atoms with Crippen molar-refractivity contribution in [2.75, 3.05) is 39.2 Å². The van der Waals surface area contributed by atoms with Gasteiger partial charge in [-0.25, -0.2) is 4.99 Å². The topological polar surface area (TPSA) is 99.9 Å². The molecule has 1 aromatic carbocycles. The predicted octanol–water partition coefficient (Wildman–Crippen LogP) is 1.08. The standard InChI is InChI=1S/C15H23N5O3S/c1-19(2)14(21)11-18-15(16-8-9-24-3)17-10-12-4-6-13(7-5-12)20(22)23/h4-7H,8-11H2,1-3H3,(H2,16,17,18). The first-order valence-corrected chi connectivity index (χ1v) is 8.78. The van der Waals surface area contributed by atoms with Crippen LogP contribution in [0.3, 0.4) is 0 Å². The van der Waals surface area contributed by atoms with Crippen LogP contribution in [-0.2, 0) is 11.3 Å². The number of hydrogen-bond acceptors (Lipinski definition) is 5. The lowest BCUT2D eigenvalue weighted by atomic mass is 10.2. The number of likely N-dealkylation sites (N-methyl/N-ethyl adjacent to an activating group) is 1. The second-order valence-electron chi connectivity index (χ2n) is 5.15. The molecule has 0 aliphatic rings. The zero-order valence-corrected chi connectivity index (χ0v) is 14.9. The molecule has 0 atom stereocenters. The molecule has 24 heavy (non-hydrogen) atoms. The molecule has 0 aliphatic carbocycles. The number of nitro benzene ring substituents is 1. The summed E-state index contributed by atoms with van der Waals surface area (Å²) < 4.78 is 0. The first-order valence-electron chi connectivity index (χ1n) is 7.38. The minimum absolute atomic E-state index is 0.0512. The van der Waals surface area contributed by atoms with Crippen LogP contribution in [0.25, 0.3) is 0 Å². The van der Waals surface area contributed by atoms with E-state index in [0.717, 1.165) is 17.9 Å². The summed E-state index contributed by atoms with van der Waals surface area (Å²) in [7, 11) is 3.39. The molecule has 0 aromatic heterocycles. The molecule has 0 fully saturated rings. The molecular formula is C15H23N5O3S. The number of hydrogen-bond donors (Lipinski definition) is 2. The summed E-state index contributed by atoms with van der Waals surface area (Å²) in [5.41, 5.74) is 0.904. The summed E-state index contributed by atoms with van der Waals surface area (Å²) in [6.45, 7) is 1.24. The lowest BCUT2D eigenvalue weighted by molar-refractivity contribution is -0.384. The molecule has 1 rings (SSSR count). The smallest absolute Gasteiger partial charge is 0.269 e. The Hall–Kier alpha value is -2.29. The molecule has 8 nitrogen and oxygen atoms in total. The van der Waals surface area contributed by atoms with Gasteiger partial charge in [-0.3, -0.25) is 14.9 Å². The number of nitrogens with one attached hydrogen (secondary N) is 2. The van der Waals surface area contributed by atoms with Crippen LogP contribution in [0.15, 0.2) is 29.3 Å². The second kappa shape index (κ2) is 10.5. The third-order valence-corrected chi connectivity index (χ3v) is 3.68. The van der Waals surface area contributed by atoms with E-state index in [1.165, 1.54) is 17.0 Å². The van der Waals surface area contributed by atoms with Crippen LogP contribution in [-0.4, -0.2) is 60.9 Å². The van der Waals surface area contributed by atoms with Crippen molar-refractivity contribution in [2.45, 2.75) is 6.54 Å². The van der Waals surface area contributed by atoms with E-state index in [1.807, 2.05) is 6.26 Å². The van der Waals surface area contributed by atoms with Crippen molar-refractivity contribution in [3.63, 3.8) is 0 Å². The Bertz CT molecular complexity index is 575. The molecule has 0 unspecified atom stereocenters. The number of nitrogens with zero attached hydrogens (tertiary/aromatic N) is 3. The van der Waals surface area contributed by atoms with Gasteiger partial charge >= 0.3 is 0 Å². The molecule has 0 radical (unpaired) electrons. The van der Waals surface area contributed by atoms with Crippen LogP contribution in [0.5, 0.6) is 0 Å². The Morgan fingerprint density at radius 1 is 1.29 bits per heavy atom. The quantitative estimate of drug-likeness (QED) is 0.238. The van der Waals surface area contributed by atoms with Crippen LogP contribution in [0.2, 0.25) is 0 Å². The maximum atomic E-state index is 11.7. The van der Waals surface area contributed by atoms with Crippen LogP contribution >= 0.6 is 11.8 Å². The van der Waals surface area contributed by atoms with E-state index in [9.17, 15) is 14.9 Å². The minimum atomic E-state index is -0.434. The SMILES string of the molecule is CSCCNC(=NCc1ccc([N+](=O)[O-])cc1)NCC(=O)N(C)C. The molecule has 1 amide bonds. The molecule has 0 spiro atoms. The first-order chi connectivity index (χ1) is 11.4. The number of aliphatic imine (C=N–C) groups is 1. The van der Waals surface area contributed by atoms with Crippen molar-refractivity contribution in [1.29, 1.82) is 0 Å². The van der Waals surface area contributed by atoms with E-state index in [4.69, 9.17) is 0 Å². The summed E-state index contributed by atoms with van der Waals surface area (Å²) >= 11 is 1.71. The average molecular weight is 353 g/mol. The molecule has 9 heteroatoms. The Morgan fingerprint density at radius 2 is 1.96 bits per heavy atom. The molecule has 0 bridgehead atoms. The predicted molar refractivity (Wildman–Crippen MR) is 97.3 cm³/mol. The van der Waals surface area contributed by atoms with E-state index in [0.29, 0.717) is 12.5 Å². The number of carbonyl (C=O) groups excluding carboxylic acids is 1. The summed E-state index contributed by atoms with van der Waals surface area (Å²) in [5.74, 6) is 1.40. The van der Waals surface area contributed by atoms with Crippen molar-refractivity contribution >= 4 is 29.3 Å². The highest BCUT2D eigenvalue weighted by molar-refractivity contribution is 7.98. The fourth-order valence-electron chi connectivity index (χ4n) is 1.66. The van der Waals surface area contributed by atoms with Crippen LogP contribution in [0, 0.1) is 10.1 Å². The van der Waals surface area contributed by atoms with Gasteiger partial charge in [-0.1, -0.05) is 12.1 Å². The van der Waals surface area contributed by atoms with Gasteiger partial charge in [0.1, 0.15) is 0 Å². The molecule has 2 N–H and O–H groups in total. The fraction of sp³-hybridized carbons (Fsp3) is 0.467. The molecule has 0 saturated carbocycles. The number of guanidine groups is 1. The number of nitro groups is 1.